The van der Waals surface area contributed by atoms with Crippen LogP contribution in [0, 0.1) is 5.92 Å². The van der Waals surface area contributed by atoms with Crippen molar-refractivity contribution in [1.82, 2.24) is 15.3 Å². The van der Waals surface area contributed by atoms with Gasteiger partial charge in [0, 0.05) is 23.0 Å². The van der Waals surface area contributed by atoms with Crippen LogP contribution in [0.2, 0.25) is 0 Å². The van der Waals surface area contributed by atoms with E-state index < -0.39 is 0 Å². The fourth-order valence-corrected chi connectivity index (χ4v) is 4.29. The van der Waals surface area contributed by atoms with E-state index >= 15 is 0 Å². The second-order valence-corrected chi connectivity index (χ2v) is 7.22. The van der Waals surface area contributed by atoms with Crippen LogP contribution in [0.25, 0.3) is 22.2 Å². The molecule has 2 bridgehead atoms. The molecule has 6 rings (SSSR count). The van der Waals surface area contributed by atoms with Crippen molar-refractivity contribution < 1.29 is 0 Å². The van der Waals surface area contributed by atoms with Crippen LogP contribution in [0.4, 0.5) is 5.95 Å². The van der Waals surface area contributed by atoms with E-state index in [9.17, 15) is 0 Å². The topological polar surface area (TPSA) is 49.8 Å². The van der Waals surface area contributed by atoms with E-state index in [1.807, 2.05) is 12.1 Å². The molecular formula is C21H22N4. The number of nitrogens with one attached hydrogen (secondary N) is 2. The summed E-state index contributed by atoms with van der Waals surface area (Å²) in [6, 6.07) is 19.6. The van der Waals surface area contributed by atoms with Crippen molar-refractivity contribution in [3.8, 4) is 11.3 Å². The van der Waals surface area contributed by atoms with E-state index in [4.69, 9.17) is 9.97 Å². The van der Waals surface area contributed by atoms with Gasteiger partial charge in [-0.1, -0.05) is 48.5 Å². The van der Waals surface area contributed by atoms with Crippen molar-refractivity contribution in [1.29, 1.82) is 0 Å². The molecule has 3 heterocycles. The van der Waals surface area contributed by atoms with E-state index in [1.165, 1.54) is 19.3 Å². The van der Waals surface area contributed by atoms with Crippen LogP contribution < -0.4 is 10.6 Å². The van der Waals surface area contributed by atoms with Crippen molar-refractivity contribution in [3.63, 3.8) is 0 Å². The molecule has 0 spiro atoms. The highest BCUT2D eigenvalue weighted by Gasteiger charge is 2.35. The molecule has 2 aromatic carbocycles. The van der Waals surface area contributed by atoms with E-state index in [1.54, 1.807) is 0 Å². The Balaban J connectivity index is 1.55. The van der Waals surface area contributed by atoms with E-state index in [0.29, 0.717) is 12.1 Å². The molecule has 0 amide bonds. The van der Waals surface area contributed by atoms with Gasteiger partial charge in [0.2, 0.25) is 5.95 Å². The van der Waals surface area contributed by atoms with Crippen LogP contribution in [0.1, 0.15) is 19.3 Å². The highest BCUT2D eigenvalue weighted by Crippen LogP contribution is 2.32. The molecule has 0 radical (unpaired) electrons. The standard InChI is InChI=1S/C21H22N4/c1-2-6-15(7-3-1)20-16-8-4-5-9-17(16)23-21(25-20)24-19-12-14-10-11-18(19)22-13-14/h1-9,14,18-19,22H,10-13H2,(H,23,24,25). The van der Waals surface area contributed by atoms with Crippen LogP contribution >= 0.6 is 0 Å². The molecule has 1 aromatic heterocycles. The number of fused-ring (bicyclic) bond motifs is 4. The Hall–Kier alpha value is -2.46. The summed E-state index contributed by atoms with van der Waals surface area (Å²) in [5.74, 6) is 1.54. The number of para-hydroxylation sites is 1. The lowest BCUT2D eigenvalue weighted by Gasteiger charge is -2.43. The van der Waals surface area contributed by atoms with Gasteiger partial charge in [0.05, 0.1) is 11.2 Å². The Morgan fingerprint density at radius 3 is 2.52 bits per heavy atom. The monoisotopic (exact) mass is 330 g/mol. The Labute approximate surface area is 147 Å². The molecule has 3 aromatic rings. The van der Waals surface area contributed by atoms with Gasteiger partial charge < -0.3 is 10.6 Å². The SMILES string of the molecule is c1ccc(-c2nc(NC3CC4CCC3NC4)nc3ccccc23)cc1. The second kappa shape index (κ2) is 6.12. The maximum Gasteiger partial charge on any atom is 0.224 e. The molecular weight excluding hydrogens is 308 g/mol. The molecule has 3 atom stereocenters. The van der Waals surface area contributed by atoms with Gasteiger partial charge in [0.25, 0.3) is 0 Å². The minimum atomic E-state index is 0.428. The smallest absolute Gasteiger partial charge is 0.224 e. The molecule has 1 saturated carbocycles. The first-order valence-electron chi connectivity index (χ1n) is 9.19. The Kier molecular flexibility index (Phi) is 3.63. The number of anilines is 1. The molecule has 2 N–H and O–H groups in total. The maximum atomic E-state index is 4.90. The third kappa shape index (κ3) is 2.76. The molecule has 2 saturated heterocycles. The van der Waals surface area contributed by atoms with E-state index in [2.05, 4.69) is 53.1 Å². The summed E-state index contributed by atoms with van der Waals surface area (Å²) in [6.07, 6.45) is 3.82. The minimum absolute atomic E-state index is 0.428. The van der Waals surface area contributed by atoms with Gasteiger partial charge in [-0.2, -0.15) is 0 Å². The zero-order chi connectivity index (χ0) is 16.6. The third-order valence-corrected chi connectivity index (χ3v) is 5.59. The first-order chi connectivity index (χ1) is 12.4. The summed E-state index contributed by atoms with van der Waals surface area (Å²) in [7, 11) is 0. The predicted octanol–water partition coefficient (Wildman–Crippen LogP) is 3.85. The molecule has 3 unspecified atom stereocenters. The summed E-state index contributed by atoms with van der Waals surface area (Å²) in [6.45, 7) is 1.16. The molecule has 3 fully saturated rings. The fourth-order valence-electron chi connectivity index (χ4n) is 4.29. The number of nitrogens with zero attached hydrogens (tertiary/aromatic N) is 2. The van der Waals surface area contributed by atoms with E-state index in [-0.39, 0.29) is 0 Å². The van der Waals surface area contributed by atoms with Crippen LogP contribution in [-0.2, 0) is 0 Å². The maximum absolute atomic E-state index is 4.90. The number of rotatable bonds is 3. The first kappa shape index (κ1) is 14.8. The van der Waals surface area contributed by atoms with Crippen molar-refractivity contribution in [2.45, 2.75) is 31.3 Å². The molecule has 4 nitrogen and oxygen atoms in total. The van der Waals surface area contributed by atoms with Gasteiger partial charge in [-0.05, 0) is 37.8 Å². The van der Waals surface area contributed by atoms with Crippen LogP contribution in [-0.4, -0.2) is 28.6 Å². The number of benzene rings is 2. The average Bonchev–Trinajstić information content (AvgIpc) is 2.69. The summed E-state index contributed by atoms with van der Waals surface area (Å²) >= 11 is 0. The van der Waals surface area contributed by atoms with Gasteiger partial charge in [0.1, 0.15) is 0 Å². The quantitative estimate of drug-likeness (QED) is 0.766. The third-order valence-electron chi connectivity index (χ3n) is 5.59. The van der Waals surface area contributed by atoms with Crippen molar-refractivity contribution in [2.75, 3.05) is 11.9 Å². The normalized spacial score (nSPS) is 25.2. The summed E-state index contributed by atoms with van der Waals surface area (Å²) < 4.78 is 0. The van der Waals surface area contributed by atoms with Crippen LogP contribution in [0.3, 0.4) is 0 Å². The predicted molar refractivity (Wildman–Crippen MR) is 102 cm³/mol. The minimum Gasteiger partial charge on any atom is -0.350 e. The Morgan fingerprint density at radius 2 is 1.76 bits per heavy atom. The van der Waals surface area contributed by atoms with Crippen molar-refractivity contribution >= 4 is 16.9 Å². The summed E-state index contributed by atoms with van der Waals surface area (Å²) in [5, 5.41) is 8.38. The Morgan fingerprint density at radius 1 is 0.920 bits per heavy atom. The van der Waals surface area contributed by atoms with Gasteiger partial charge >= 0.3 is 0 Å². The molecule has 25 heavy (non-hydrogen) atoms. The molecule has 2 aliphatic heterocycles. The molecule has 126 valence electrons. The van der Waals surface area contributed by atoms with Gasteiger partial charge in [-0.3, -0.25) is 0 Å². The fraction of sp³-hybridized carbons (Fsp3) is 0.333. The van der Waals surface area contributed by atoms with Crippen molar-refractivity contribution in [3.05, 3.63) is 54.6 Å². The highest BCUT2D eigenvalue weighted by molar-refractivity contribution is 5.93. The van der Waals surface area contributed by atoms with Crippen LogP contribution in [0.5, 0.6) is 0 Å². The summed E-state index contributed by atoms with van der Waals surface area (Å²) in [5.41, 5.74) is 3.13. The zero-order valence-corrected chi connectivity index (χ0v) is 14.2. The largest absolute Gasteiger partial charge is 0.350 e. The van der Waals surface area contributed by atoms with Crippen molar-refractivity contribution in [2.24, 2.45) is 5.92 Å². The molecule has 3 aliphatic rings. The number of hydrogen-bond donors (Lipinski definition) is 2. The molecule has 1 aliphatic carbocycles. The Bertz CT molecular complexity index is 885. The number of hydrogen-bond acceptors (Lipinski definition) is 4. The van der Waals surface area contributed by atoms with Gasteiger partial charge in [-0.25, -0.2) is 9.97 Å². The highest BCUT2D eigenvalue weighted by atomic mass is 15.2. The summed E-state index contributed by atoms with van der Waals surface area (Å²) in [4.78, 5) is 9.69. The van der Waals surface area contributed by atoms with Crippen LogP contribution in [0.15, 0.2) is 54.6 Å². The van der Waals surface area contributed by atoms with Gasteiger partial charge in [0.15, 0.2) is 0 Å². The second-order valence-electron chi connectivity index (χ2n) is 7.22. The number of aromatic nitrogens is 2. The van der Waals surface area contributed by atoms with Gasteiger partial charge in [-0.15, -0.1) is 0 Å². The molecule has 4 heteroatoms. The lowest BCUT2D eigenvalue weighted by atomic mass is 9.78. The lowest BCUT2D eigenvalue weighted by Crippen LogP contribution is -2.56. The lowest BCUT2D eigenvalue weighted by molar-refractivity contribution is 0.195. The average molecular weight is 330 g/mol. The van der Waals surface area contributed by atoms with E-state index in [0.717, 1.165) is 40.6 Å². The zero-order valence-electron chi connectivity index (χ0n) is 14.2. The first-order valence-corrected chi connectivity index (χ1v) is 9.19. The number of piperidine rings is 2.